The molecule has 0 radical (unpaired) electrons. The monoisotopic (exact) mass is 112 g/mol. The van der Waals surface area contributed by atoms with Gasteiger partial charge in [0.05, 0.1) is 0 Å². The Bertz CT molecular complexity index is 76.6. The smallest absolute Gasteiger partial charge is 0.0264 e. The molecule has 0 aromatic rings. The molecule has 0 aliphatic carbocycles. The maximum atomic E-state index is 5.19. The molecule has 0 aliphatic heterocycles. The van der Waals surface area contributed by atoms with Gasteiger partial charge in [-0.3, -0.25) is 0 Å². The molecule has 2 nitrogen and oxygen atoms in total. The van der Waals surface area contributed by atoms with Gasteiger partial charge in [0.15, 0.2) is 0 Å². The first kappa shape index (κ1) is 7.24. The molecule has 8 heavy (non-hydrogen) atoms. The zero-order valence-electron chi connectivity index (χ0n) is 4.93. The highest BCUT2D eigenvalue weighted by Crippen LogP contribution is 1.64. The minimum Gasteiger partial charge on any atom is -0.390 e. The molecule has 3 N–H and O–H groups in total. The topological polar surface area (TPSA) is 38.0 Å². The first-order chi connectivity index (χ1) is 3.91. The van der Waals surface area contributed by atoms with E-state index in [0.29, 0.717) is 6.54 Å². The summed E-state index contributed by atoms with van der Waals surface area (Å²) < 4.78 is 0. The lowest BCUT2D eigenvalue weighted by atomic mass is 10.6. The molecule has 0 aliphatic rings. The summed E-state index contributed by atoms with van der Waals surface area (Å²) in [6, 6.07) is 0. The lowest BCUT2D eigenvalue weighted by Crippen LogP contribution is -2.16. The van der Waals surface area contributed by atoms with E-state index in [1.807, 2.05) is 12.3 Å². The fourth-order valence-electron chi connectivity index (χ4n) is 0.303. The molecule has 0 saturated carbocycles. The SMILES string of the molecule is C=CC=CNCCN. The van der Waals surface area contributed by atoms with E-state index in [-0.39, 0.29) is 0 Å². The van der Waals surface area contributed by atoms with Crippen molar-refractivity contribution in [3.63, 3.8) is 0 Å². The van der Waals surface area contributed by atoms with E-state index >= 15 is 0 Å². The Morgan fingerprint density at radius 2 is 2.38 bits per heavy atom. The summed E-state index contributed by atoms with van der Waals surface area (Å²) in [7, 11) is 0. The van der Waals surface area contributed by atoms with Crippen molar-refractivity contribution in [1.29, 1.82) is 0 Å². The molecule has 2 heteroatoms. The van der Waals surface area contributed by atoms with Crippen LogP contribution in [0.15, 0.2) is 24.9 Å². The number of hydrogen-bond donors (Lipinski definition) is 2. The molecule has 0 aromatic heterocycles. The second-order valence-electron chi connectivity index (χ2n) is 1.34. The van der Waals surface area contributed by atoms with E-state index < -0.39 is 0 Å². The first-order valence-corrected chi connectivity index (χ1v) is 2.63. The summed E-state index contributed by atoms with van der Waals surface area (Å²) >= 11 is 0. The predicted molar refractivity (Wildman–Crippen MR) is 36.4 cm³/mol. The van der Waals surface area contributed by atoms with Gasteiger partial charge < -0.3 is 11.1 Å². The zero-order valence-corrected chi connectivity index (χ0v) is 4.93. The first-order valence-electron chi connectivity index (χ1n) is 2.63. The van der Waals surface area contributed by atoms with Gasteiger partial charge >= 0.3 is 0 Å². The van der Waals surface area contributed by atoms with E-state index in [2.05, 4.69) is 11.9 Å². The van der Waals surface area contributed by atoms with Crippen LogP contribution in [-0.4, -0.2) is 13.1 Å². The summed E-state index contributed by atoms with van der Waals surface area (Å²) in [5, 5.41) is 2.96. The van der Waals surface area contributed by atoms with Gasteiger partial charge in [0.25, 0.3) is 0 Å². The summed E-state index contributed by atoms with van der Waals surface area (Å²) in [6.45, 7) is 4.99. The Morgan fingerprint density at radius 3 is 2.88 bits per heavy atom. The van der Waals surface area contributed by atoms with Crippen LogP contribution in [-0.2, 0) is 0 Å². The summed E-state index contributed by atoms with van der Waals surface area (Å²) in [6.07, 6.45) is 5.36. The van der Waals surface area contributed by atoms with Crippen molar-refractivity contribution in [1.82, 2.24) is 5.32 Å². The van der Waals surface area contributed by atoms with Crippen LogP contribution in [0.4, 0.5) is 0 Å². The van der Waals surface area contributed by atoms with Crippen LogP contribution in [0.2, 0.25) is 0 Å². The van der Waals surface area contributed by atoms with Crippen LogP contribution in [0.1, 0.15) is 0 Å². The van der Waals surface area contributed by atoms with Gasteiger partial charge in [-0.2, -0.15) is 0 Å². The van der Waals surface area contributed by atoms with Crippen molar-refractivity contribution < 1.29 is 0 Å². The number of nitrogens with two attached hydrogens (primary N) is 1. The van der Waals surface area contributed by atoms with Gasteiger partial charge in [-0.1, -0.05) is 12.7 Å². The Hall–Kier alpha value is -0.760. The molecular weight excluding hydrogens is 100 g/mol. The Kier molecular flexibility index (Phi) is 5.65. The summed E-state index contributed by atoms with van der Waals surface area (Å²) in [4.78, 5) is 0. The van der Waals surface area contributed by atoms with E-state index in [1.165, 1.54) is 0 Å². The van der Waals surface area contributed by atoms with Gasteiger partial charge in [0.1, 0.15) is 0 Å². The average molecular weight is 112 g/mol. The molecule has 0 bridgehead atoms. The second kappa shape index (κ2) is 6.24. The fourth-order valence-corrected chi connectivity index (χ4v) is 0.303. The van der Waals surface area contributed by atoms with Crippen LogP contribution >= 0.6 is 0 Å². The van der Waals surface area contributed by atoms with Crippen LogP contribution < -0.4 is 11.1 Å². The standard InChI is InChI=1S/C6H12N2/c1-2-3-5-8-6-4-7/h2-3,5,8H,1,4,6-7H2. The lowest BCUT2D eigenvalue weighted by molar-refractivity contribution is 0.842. The van der Waals surface area contributed by atoms with Crippen molar-refractivity contribution in [3.05, 3.63) is 24.9 Å². The molecule has 0 spiro atoms. The van der Waals surface area contributed by atoms with Gasteiger partial charge in [-0.25, -0.2) is 0 Å². The predicted octanol–water partition coefficient (Wildman–Crippen LogP) is 0.234. The lowest BCUT2D eigenvalue weighted by Gasteiger charge is -1.91. The highest BCUT2D eigenvalue weighted by atomic mass is 14.8. The molecule has 0 amide bonds. The van der Waals surface area contributed by atoms with Crippen LogP contribution in [0.5, 0.6) is 0 Å². The minimum absolute atomic E-state index is 0.668. The van der Waals surface area contributed by atoms with E-state index in [0.717, 1.165) is 6.54 Å². The normalized spacial score (nSPS) is 9.62. The maximum absolute atomic E-state index is 5.19. The number of hydrogen-bond acceptors (Lipinski definition) is 2. The Balaban J connectivity index is 2.91. The van der Waals surface area contributed by atoms with Crippen molar-refractivity contribution in [2.75, 3.05) is 13.1 Å². The van der Waals surface area contributed by atoms with Gasteiger partial charge in [0, 0.05) is 13.1 Å². The van der Waals surface area contributed by atoms with Gasteiger partial charge in [-0.05, 0) is 12.3 Å². The Morgan fingerprint density at radius 1 is 1.62 bits per heavy atom. The summed E-state index contributed by atoms with van der Waals surface area (Å²) in [5.74, 6) is 0. The highest BCUT2D eigenvalue weighted by Gasteiger charge is 1.69. The third kappa shape index (κ3) is 5.24. The number of nitrogens with one attached hydrogen (secondary N) is 1. The van der Waals surface area contributed by atoms with Crippen molar-refractivity contribution in [3.8, 4) is 0 Å². The zero-order chi connectivity index (χ0) is 6.24. The molecule has 0 unspecified atom stereocenters. The van der Waals surface area contributed by atoms with Crippen LogP contribution in [0.3, 0.4) is 0 Å². The number of rotatable bonds is 4. The molecule has 0 rings (SSSR count). The molecule has 0 heterocycles. The fraction of sp³-hybridized carbons (Fsp3) is 0.333. The molecule has 0 aromatic carbocycles. The maximum Gasteiger partial charge on any atom is 0.0264 e. The Labute approximate surface area is 50.1 Å². The number of allylic oxidation sites excluding steroid dienone is 2. The average Bonchev–Trinajstić information content (AvgIpc) is 1.81. The molecular formula is C6H12N2. The van der Waals surface area contributed by atoms with E-state index in [4.69, 9.17) is 5.73 Å². The van der Waals surface area contributed by atoms with Crippen molar-refractivity contribution in [2.24, 2.45) is 5.73 Å². The molecule has 46 valence electrons. The third-order valence-electron chi connectivity index (χ3n) is 0.639. The quantitative estimate of drug-likeness (QED) is 0.403. The van der Waals surface area contributed by atoms with Crippen molar-refractivity contribution in [2.45, 2.75) is 0 Å². The third-order valence-corrected chi connectivity index (χ3v) is 0.639. The van der Waals surface area contributed by atoms with Gasteiger partial charge in [0.2, 0.25) is 0 Å². The molecule has 0 fully saturated rings. The van der Waals surface area contributed by atoms with Crippen LogP contribution in [0, 0.1) is 0 Å². The molecule has 0 atom stereocenters. The largest absolute Gasteiger partial charge is 0.390 e. The van der Waals surface area contributed by atoms with Gasteiger partial charge in [-0.15, -0.1) is 0 Å². The highest BCUT2D eigenvalue weighted by molar-refractivity contribution is 4.95. The van der Waals surface area contributed by atoms with E-state index in [9.17, 15) is 0 Å². The summed E-state index contributed by atoms with van der Waals surface area (Å²) in [5.41, 5.74) is 5.19. The minimum atomic E-state index is 0.668. The van der Waals surface area contributed by atoms with Crippen LogP contribution in [0.25, 0.3) is 0 Å². The van der Waals surface area contributed by atoms with E-state index in [1.54, 1.807) is 6.08 Å². The van der Waals surface area contributed by atoms with Crippen molar-refractivity contribution >= 4 is 0 Å². The molecule has 0 saturated heterocycles. The second-order valence-corrected chi connectivity index (χ2v) is 1.34.